The zero-order chi connectivity index (χ0) is 24.5. The molecule has 0 aliphatic carbocycles. The molecule has 1 saturated heterocycles. The van der Waals surface area contributed by atoms with Crippen LogP contribution >= 0.6 is 28.1 Å². The Morgan fingerprint density at radius 3 is 2.49 bits per heavy atom. The SMILES string of the molecule is CCOc1ccc(N2C(=O)/C(=C/c3cn(Cc4ccccc4)c4ccc(Br)cc34)N(C)C2=S)cc1. The van der Waals surface area contributed by atoms with Crippen molar-refractivity contribution in [2.45, 2.75) is 13.5 Å². The molecule has 176 valence electrons. The van der Waals surface area contributed by atoms with E-state index in [4.69, 9.17) is 17.0 Å². The minimum Gasteiger partial charge on any atom is -0.494 e. The molecule has 0 N–H and O–H groups in total. The smallest absolute Gasteiger partial charge is 0.281 e. The van der Waals surface area contributed by atoms with Crippen molar-refractivity contribution in [2.75, 3.05) is 18.6 Å². The van der Waals surface area contributed by atoms with Crippen molar-refractivity contribution in [3.63, 3.8) is 0 Å². The number of halogens is 1. The van der Waals surface area contributed by atoms with E-state index in [0.29, 0.717) is 23.1 Å². The number of likely N-dealkylation sites (N-methyl/N-ethyl adjacent to an activating group) is 1. The number of hydrogen-bond donors (Lipinski definition) is 0. The van der Waals surface area contributed by atoms with Crippen LogP contribution in [0.4, 0.5) is 5.69 Å². The Hall–Kier alpha value is -3.42. The van der Waals surface area contributed by atoms with Crippen LogP contribution in [0.5, 0.6) is 5.75 Å². The average Bonchev–Trinajstić information content (AvgIpc) is 3.29. The number of anilines is 1. The minimum absolute atomic E-state index is 0.152. The van der Waals surface area contributed by atoms with E-state index in [0.717, 1.165) is 33.2 Å². The van der Waals surface area contributed by atoms with Crippen LogP contribution in [0.15, 0.2) is 89.2 Å². The number of carbonyl (C=O) groups is 1. The normalized spacial score (nSPS) is 15.0. The van der Waals surface area contributed by atoms with E-state index >= 15 is 0 Å². The standard InChI is InChI=1S/C28H24BrN3O2S/c1-3-34-23-12-10-22(11-13-23)32-27(33)26(30(2)28(32)35)15-20-18-31(17-19-7-5-4-6-8-19)25-14-9-21(29)16-24(20)25/h4-16,18H,3,17H2,1-2H3/b26-15-. The minimum atomic E-state index is -0.152. The zero-order valence-corrected chi connectivity index (χ0v) is 21.8. The van der Waals surface area contributed by atoms with Gasteiger partial charge in [-0.15, -0.1) is 0 Å². The van der Waals surface area contributed by atoms with E-state index < -0.39 is 0 Å². The van der Waals surface area contributed by atoms with Gasteiger partial charge in [-0.1, -0.05) is 46.3 Å². The van der Waals surface area contributed by atoms with Crippen molar-refractivity contribution >= 4 is 61.8 Å². The molecule has 5 rings (SSSR count). The number of fused-ring (bicyclic) bond motifs is 1. The molecule has 2 heterocycles. The van der Waals surface area contributed by atoms with E-state index in [-0.39, 0.29) is 5.91 Å². The number of amides is 1. The molecule has 3 aromatic carbocycles. The Balaban J connectivity index is 1.53. The number of carbonyl (C=O) groups excluding carboxylic acids is 1. The van der Waals surface area contributed by atoms with Gasteiger partial charge >= 0.3 is 0 Å². The van der Waals surface area contributed by atoms with Gasteiger partial charge in [0.05, 0.1) is 12.3 Å². The van der Waals surface area contributed by atoms with Crippen molar-refractivity contribution in [2.24, 2.45) is 0 Å². The molecule has 7 heteroatoms. The van der Waals surface area contributed by atoms with E-state index in [1.54, 1.807) is 9.80 Å². The van der Waals surface area contributed by atoms with Crippen molar-refractivity contribution in [1.82, 2.24) is 9.47 Å². The van der Waals surface area contributed by atoms with Crippen molar-refractivity contribution in [1.29, 1.82) is 0 Å². The quantitative estimate of drug-likeness (QED) is 0.206. The molecule has 0 atom stereocenters. The maximum absolute atomic E-state index is 13.5. The number of hydrogen-bond acceptors (Lipinski definition) is 3. The second-order valence-corrected chi connectivity index (χ2v) is 9.58. The van der Waals surface area contributed by atoms with Gasteiger partial charge in [-0.3, -0.25) is 9.69 Å². The Kier molecular flexibility index (Phi) is 6.45. The maximum atomic E-state index is 13.5. The van der Waals surface area contributed by atoms with Crippen LogP contribution in [-0.4, -0.2) is 34.1 Å². The lowest BCUT2D eigenvalue weighted by Gasteiger charge is -2.16. The fraction of sp³-hybridized carbons (Fsp3) is 0.143. The first kappa shape index (κ1) is 23.3. The van der Waals surface area contributed by atoms with E-state index in [2.05, 4.69) is 51.0 Å². The summed E-state index contributed by atoms with van der Waals surface area (Å²) in [5, 5.41) is 1.51. The van der Waals surface area contributed by atoms with Crippen molar-refractivity contribution in [3.8, 4) is 5.75 Å². The highest BCUT2D eigenvalue weighted by atomic mass is 79.9. The van der Waals surface area contributed by atoms with Crippen LogP contribution in [0, 0.1) is 0 Å². The molecule has 4 aromatic rings. The number of ether oxygens (including phenoxy) is 1. The van der Waals surface area contributed by atoms with Gasteiger partial charge < -0.3 is 14.2 Å². The lowest BCUT2D eigenvalue weighted by atomic mass is 10.1. The summed E-state index contributed by atoms with van der Waals surface area (Å²) in [4.78, 5) is 16.9. The van der Waals surface area contributed by atoms with Crippen molar-refractivity contribution < 1.29 is 9.53 Å². The average molecular weight is 546 g/mol. The highest BCUT2D eigenvalue weighted by Crippen LogP contribution is 2.32. The highest BCUT2D eigenvalue weighted by Gasteiger charge is 2.37. The summed E-state index contributed by atoms with van der Waals surface area (Å²) in [5.74, 6) is 0.607. The first-order chi connectivity index (χ1) is 17.0. The van der Waals surface area contributed by atoms with Gasteiger partial charge in [0.25, 0.3) is 5.91 Å². The van der Waals surface area contributed by atoms with E-state index in [9.17, 15) is 4.79 Å². The monoisotopic (exact) mass is 545 g/mol. The third-order valence-corrected chi connectivity index (χ3v) is 6.98. The lowest BCUT2D eigenvalue weighted by Crippen LogP contribution is -2.31. The summed E-state index contributed by atoms with van der Waals surface area (Å²) >= 11 is 9.25. The van der Waals surface area contributed by atoms with Crippen LogP contribution in [0.25, 0.3) is 17.0 Å². The second kappa shape index (κ2) is 9.68. The van der Waals surface area contributed by atoms with Crippen LogP contribution in [-0.2, 0) is 11.3 Å². The molecule has 0 spiro atoms. The van der Waals surface area contributed by atoms with E-state index in [1.165, 1.54) is 5.56 Å². The van der Waals surface area contributed by atoms with Gasteiger partial charge in [0.15, 0.2) is 5.11 Å². The molecule has 0 radical (unpaired) electrons. The number of aromatic nitrogens is 1. The molecular formula is C28H24BrN3O2S. The van der Waals surface area contributed by atoms with Crippen LogP contribution < -0.4 is 9.64 Å². The summed E-state index contributed by atoms with van der Waals surface area (Å²) in [6.07, 6.45) is 4.03. The topological polar surface area (TPSA) is 37.7 Å². The Morgan fingerprint density at radius 2 is 1.77 bits per heavy atom. The Bertz CT molecular complexity index is 1440. The number of nitrogens with zero attached hydrogens (tertiary/aromatic N) is 3. The third-order valence-electron chi connectivity index (χ3n) is 6.03. The van der Waals surface area contributed by atoms with Gasteiger partial charge in [0, 0.05) is 40.7 Å². The molecule has 0 unspecified atom stereocenters. The molecule has 0 bridgehead atoms. The Labute approximate surface area is 218 Å². The van der Waals surface area contributed by atoms with Gasteiger partial charge in [-0.05, 0) is 73.2 Å². The second-order valence-electron chi connectivity index (χ2n) is 8.30. The molecule has 0 saturated carbocycles. The first-order valence-corrected chi connectivity index (χ1v) is 12.6. The van der Waals surface area contributed by atoms with Gasteiger partial charge in [-0.2, -0.15) is 0 Å². The van der Waals surface area contributed by atoms with Crippen molar-refractivity contribution in [3.05, 3.63) is 100 Å². The third kappa shape index (κ3) is 4.49. The first-order valence-electron chi connectivity index (χ1n) is 11.4. The number of rotatable bonds is 6. The molecule has 1 aromatic heterocycles. The van der Waals surface area contributed by atoms with Crippen LogP contribution in [0.1, 0.15) is 18.1 Å². The summed E-state index contributed by atoms with van der Waals surface area (Å²) in [6.45, 7) is 3.26. The van der Waals surface area contributed by atoms with Gasteiger partial charge in [-0.25, -0.2) is 0 Å². The fourth-order valence-corrected chi connectivity index (χ4v) is 4.96. The molecule has 1 aliphatic heterocycles. The lowest BCUT2D eigenvalue weighted by molar-refractivity contribution is -0.114. The summed E-state index contributed by atoms with van der Waals surface area (Å²) < 4.78 is 8.73. The van der Waals surface area contributed by atoms with Crippen LogP contribution in [0.2, 0.25) is 0 Å². The largest absolute Gasteiger partial charge is 0.494 e. The van der Waals surface area contributed by atoms with Gasteiger partial charge in [0.2, 0.25) is 0 Å². The predicted molar refractivity (Wildman–Crippen MR) is 149 cm³/mol. The fourth-order valence-electron chi connectivity index (χ4n) is 4.31. The maximum Gasteiger partial charge on any atom is 0.281 e. The molecule has 1 fully saturated rings. The summed E-state index contributed by atoms with van der Waals surface area (Å²) in [7, 11) is 1.83. The van der Waals surface area contributed by atoms with Gasteiger partial charge in [0.1, 0.15) is 11.4 Å². The number of thiocarbonyl (C=S) groups is 1. The number of benzene rings is 3. The molecule has 1 amide bonds. The molecular weight excluding hydrogens is 522 g/mol. The molecule has 1 aliphatic rings. The summed E-state index contributed by atoms with van der Waals surface area (Å²) in [6, 6.07) is 24.0. The molecule has 5 nitrogen and oxygen atoms in total. The predicted octanol–water partition coefficient (Wildman–Crippen LogP) is 6.46. The Morgan fingerprint density at radius 1 is 1.03 bits per heavy atom. The highest BCUT2D eigenvalue weighted by molar-refractivity contribution is 9.10. The summed E-state index contributed by atoms with van der Waals surface area (Å²) in [5.41, 5.74) is 4.52. The molecule has 35 heavy (non-hydrogen) atoms. The van der Waals surface area contributed by atoms with Crippen LogP contribution in [0.3, 0.4) is 0 Å². The zero-order valence-electron chi connectivity index (χ0n) is 19.4. The van der Waals surface area contributed by atoms with E-state index in [1.807, 2.05) is 68.6 Å².